The fraction of sp³-hybridized carbons (Fsp3) is 0.595. The van der Waals surface area contributed by atoms with Crippen LogP contribution in [0.2, 0.25) is 0 Å². The van der Waals surface area contributed by atoms with Crippen LogP contribution in [-0.2, 0) is 30.6 Å². The summed E-state index contributed by atoms with van der Waals surface area (Å²) in [6, 6.07) is 3.26. The second kappa shape index (κ2) is 14.0. The number of Topliss-reactive ketones (excluding diaryl/α,β-unsaturated/α-hetero) is 1. The number of thiazole rings is 1. The van der Waals surface area contributed by atoms with Crippen LogP contribution in [-0.4, -0.2) is 74.9 Å². The van der Waals surface area contributed by atoms with Crippen LogP contribution in [0.1, 0.15) is 96.0 Å². The van der Waals surface area contributed by atoms with E-state index in [9.17, 15) is 36.0 Å². The minimum absolute atomic E-state index is 0.00733. The highest BCUT2D eigenvalue weighted by Gasteiger charge is 2.62. The lowest BCUT2D eigenvalue weighted by molar-refractivity contribution is -0.140. The standard InChI is InChI=1S/C37H45F3N6O6S2/c1-21(2)46-27-13-9-11-24(26-20-53-33(42-26)37(38,39)40)30(27)43-34(46)52-23-16-28-29(47)18-36(32(49)44-54(50,51)35(3)14-15-35)17-22(36)10-7-5-4-6-8-12-25(41)31(48)45(28)19-23/h7,9-11,13,20-23,25,28H,4-6,8,12,14-19,41H2,1-3H3,(H,44,49)/b10-7-/t22-,23-,25+,28+,36-/m1/s1. The molecule has 0 radical (unpaired) electrons. The number of ether oxygens (including phenoxy) is 1. The Hall–Kier alpha value is -3.83. The monoisotopic (exact) mass is 790 g/mol. The van der Waals surface area contributed by atoms with Gasteiger partial charge in [-0.15, -0.1) is 11.3 Å². The van der Waals surface area contributed by atoms with Crippen molar-refractivity contribution < 1.29 is 40.7 Å². The fourth-order valence-electron chi connectivity index (χ4n) is 7.74. The summed E-state index contributed by atoms with van der Waals surface area (Å²) in [7, 11) is -3.95. The van der Waals surface area contributed by atoms with E-state index in [1.54, 1.807) is 25.1 Å². The van der Waals surface area contributed by atoms with Crippen LogP contribution >= 0.6 is 11.3 Å². The molecular weight excluding hydrogens is 746 g/mol. The van der Waals surface area contributed by atoms with Gasteiger partial charge in [-0.3, -0.25) is 23.7 Å². The average molecular weight is 791 g/mol. The number of rotatable bonds is 7. The van der Waals surface area contributed by atoms with E-state index in [2.05, 4.69) is 9.71 Å². The number of carbonyl (C=O) groups excluding carboxylic acids is 3. The van der Waals surface area contributed by atoms with E-state index >= 15 is 0 Å². The molecule has 1 saturated heterocycles. The molecule has 17 heteroatoms. The maximum absolute atomic E-state index is 14.3. The molecule has 2 aliphatic carbocycles. The summed E-state index contributed by atoms with van der Waals surface area (Å²) in [5, 5.41) is 0.368. The number of halogens is 3. The normalized spacial score (nSPS) is 28.3. The Labute approximate surface area is 315 Å². The van der Waals surface area contributed by atoms with Crippen LogP contribution in [0.4, 0.5) is 13.2 Å². The van der Waals surface area contributed by atoms with Crippen molar-refractivity contribution in [3.63, 3.8) is 0 Å². The summed E-state index contributed by atoms with van der Waals surface area (Å²) in [6.45, 7) is 5.41. The number of aromatic nitrogens is 3. The van der Waals surface area contributed by atoms with Gasteiger partial charge in [0.05, 0.1) is 40.0 Å². The number of imidazole rings is 1. The minimum atomic E-state index is -4.59. The van der Waals surface area contributed by atoms with E-state index in [1.165, 1.54) is 10.3 Å². The number of alkyl halides is 3. The lowest BCUT2D eigenvalue weighted by atomic mass is 9.91. The van der Waals surface area contributed by atoms with Crippen LogP contribution < -0.4 is 15.2 Å². The van der Waals surface area contributed by atoms with Crippen molar-refractivity contribution in [2.24, 2.45) is 17.1 Å². The zero-order valence-corrected chi connectivity index (χ0v) is 32.0. The van der Waals surface area contributed by atoms with E-state index < -0.39 is 61.4 Å². The first kappa shape index (κ1) is 38.4. The first-order valence-corrected chi connectivity index (χ1v) is 20.8. The third-order valence-electron chi connectivity index (χ3n) is 11.4. The molecule has 2 aliphatic heterocycles. The molecule has 2 aromatic heterocycles. The Balaban J connectivity index is 1.19. The third kappa shape index (κ3) is 7.18. The zero-order valence-electron chi connectivity index (χ0n) is 30.4. The van der Waals surface area contributed by atoms with Crippen molar-refractivity contribution in [2.75, 3.05) is 6.54 Å². The zero-order chi connectivity index (χ0) is 38.8. The highest BCUT2D eigenvalue weighted by molar-refractivity contribution is 7.91. The molecule has 3 aromatic rings. The van der Waals surface area contributed by atoms with Crippen molar-refractivity contribution in [1.82, 2.24) is 24.2 Å². The number of nitrogens with one attached hydrogen (secondary N) is 1. The van der Waals surface area contributed by atoms with Gasteiger partial charge >= 0.3 is 6.18 Å². The van der Waals surface area contributed by atoms with E-state index in [0.717, 1.165) is 19.3 Å². The summed E-state index contributed by atoms with van der Waals surface area (Å²) in [4.78, 5) is 52.1. The van der Waals surface area contributed by atoms with Gasteiger partial charge in [-0.05, 0) is 71.3 Å². The SMILES string of the molecule is CC(C)n1c(O[C@@H]2C[C@H]3C(=O)C[C@]4(C(=O)NS(=O)(=O)C5(C)CC5)C[C@H]4/C=C\CCCCC[C@H](N)C(=O)N3C2)nc2c(-c3csc(C(F)(F)F)n3)cccc21. The smallest absolute Gasteiger partial charge is 0.443 e. The van der Waals surface area contributed by atoms with E-state index in [0.29, 0.717) is 60.0 Å². The van der Waals surface area contributed by atoms with Crippen LogP contribution in [0.25, 0.3) is 22.3 Å². The number of fused-ring (bicyclic) bond motifs is 3. The van der Waals surface area contributed by atoms with Crippen LogP contribution in [0.3, 0.4) is 0 Å². The third-order valence-corrected chi connectivity index (χ3v) is 14.4. The van der Waals surface area contributed by atoms with E-state index in [-0.39, 0.29) is 48.8 Å². The average Bonchev–Trinajstić information content (AvgIpc) is 3.76. The molecule has 4 aliphatic rings. The predicted molar refractivity (Wildman–Crippen MR) is 196 cm³/mol. The van der Waals surface area contributed by atoms with Crippen molar-refractivity contribution in [1.29, 1.82) is 0 Å². The van der Waals surface area contributed by atoms with Gasteiger partial charge < -0.3 is 15.4 Å². The van der Waals surface area contributed by atoms with Crippen LogP contribution in [0.5, 0.6) is 6.01 Å². The predicted octanol–water partition coefficient (Wildman–Crippen LogP) is 5.92. The first-order valence-electron chi connectivity index (χ1n) is 18.5. The number of para-hydroxylation sites is 1. The number of allylic oxidation sites excluding steroid dienone is 2. The van der Waals surface area contributed by atoms with Crippen LogP contribution in [0.15, 0.2) is 35.7 Å². The number of hydrogen-bond donors (Lipinski definition) is 2. The Morgan fingerprint density at radius 2 is 1.91 bits per heavy atom. The summed E-state index contributed by atoms with van der Waals surface area (Å²) in [5.41, 5.74) is 6.66. The highest BCUT2D eigenvalue weighted by atomic mass is 32.2. The number of hydrogen-bond acceptors (Lipinski definition) is 10. The molecule has 0 bridgehead atoms. The maximum Gasteiger partial charge on any atom is 0.443 e. The molecule has 2 amide bonds. The van der Waals surface area contributed by atoms with Gasteiger partial charge in [0, 0.05) is 29.8 Å². The van der Waals surface area contributed by atoms with Crippen molar-refractivity contribution >= 4 is 50.0 Å². The molecule has 2 saturated carbocycles. The number of amides is 2. The Bertz CT molecular complexity index is 2110. The molecule has 7 rings (SSSR count). The molecule has 1 aromatic carbocycles. The molecule has 3 fully saturated rings. The molecule has 292 valence electrons. The number of carbonyl (C=O) groups is 3. The largest absolute Gasteiger partial charge is 0.459 e. The van der Waals surface area contributed by atoms with Gasteiger partial charge in [0.25, 0.3) is 6.01 Å². The second-order valence-corrected chi connectivity index (χ2v) is 18.8. The van der Waals surface area contributed by atoms with E-state index in [1.807, 2.05) is 30.6 Å². The molecule has 0 spiro atoms. The number of nitrogens with two attached hydrogens (primary N) is 1. The van der Waals surface area contributed by atoms with Crippen molar-refractivity contribution in [2.45, 2.75) is 120 Å². The molecule has 54 heavy (non-hydrogen) atoms. The topological polar surface area (TPSA) is 167 Å². The number of benzene rings is 1. The molecule has 4 heterocycles. The van der Waals surface area contributed by atoms with Gasteiger partial charge in [-0.25, -0.2) is 13.4 Å². The lowest BCUT2D eigenvalue weighted by Gasteiger charge is -2.27. The van der Waals surface area contributed by atoms with Crippen molar-refractivity contribution in [3.05, 3.63) is 40.7 Å². The number of nitrogens with zero attached hydrogens (tertiary/aromatic N) is 4. The minimum Gasteiger partial charge on any atom is -0.459 e. The Kier molecular flexibility index (Phi) is 9.99. The summed E-state index contributed by atoms with van der Waals surface area (Å²) in [5.74, 6) is -1.83. The summed E-state index contributed by atoms with van der Waals surface area (Å²) in [6.07, 6.45) is 3.14. The maximum atomic E-state index is 14.3. The molecule has 12 nitrogen and oxygen atoms in total. The number of ketones is 1. The Morgan fingerprint density at radius 1 is 1.15 bits per heavy atom. The molecule has 3 N–H and O–H groups in total. The lowest BCUT2D eigenvalue weighted by Crippen LogP contribution is -2.50. The van der Waals surface area contributed by atoms with Gasteiger partial charge in [-0.2, -0.15) is 18.2 Å². The quantitative estimate of drug-likeness (QED) is 0.276. The fourth-order valence-corrected chi connectivity index (χ4v) is 9.76. The second-order valence-electron chi connectivity index (χ2n) is 15.7. The Morgan fingerprint density at radius 3 is 2.59 bits per heavy atom. The van der Waals surface area contributed by atoms with Crippen molar-refractivity contribution in [3.8, 4) is 17.3 Å². The highest BCUT2D eigenvalue weighted by Crippen LogP contribution is 2.57. The van der Waals surface area contributed by atoms with Gasteiger partial charge in [0.2, 0.25) is 21.8 Å². The van der Waals surface area contributed by atoms with Gasteiger partial charge in [0.15, 0.2) is 10.8 Å². The summed E-state index contributed by atoms with van der Waals surface area (Å²) >= 11 is 0.498. The molecule has 5 atom stereocenters. The summed E-state index contributed by atoms with van der Waals surface area (Å²) < 4.78 is 76.0. The van der Waals surface area contributed by atoms with Crippen LogP contribution in [0, 0.1) is 11.3 Å². The first-order chi connectivity index (χ1) is 25.4. The molecular formula is C37H45F3N6O6S2. The van der Waals surface area contributed by atoms with E-state index in [4.69, 9.17) is 15.5 Å². The molecule has 0 unspecified atom stereocenters. The van der Waals surface area contributed by atoms with Gasteiger partial charge in [0.1, 0.15) is 11.6 Å². The number of sulfonamides is 1. The van der Waals surface area contributed by atoms with Gasteiger partial charge in [-0.1, -0.05) is 37.1 Å².